The van der Waals surface area contributed by atoms with Gasteiger partial charge in [0.25, 0.3) is 0 Å². The van der Waals surface area contributed by atoms with E-state index in [0.717, 1.165) is 0 Å². The Morgan fingerprint density at radius 1 is 1.29 bits per heavy atom. The van der Waals surface area contributed by atoms with Gasteiger partial charge in [0.15, 0.2) is 9.84 Å². The molecule has 0 fully saturated rings. The molecule has 21 heavy (non-hydrogen) atoms. The van der Waals surface area contributed by atoms with Crippen LogP contribution in [0.3, 0.4) is 0 Å². The third-order valence-electron chi connectivity index (χ3n) is 2.77. The first-order chi connectivity index (χ1) is 9.76. The molecule has 1 aromatic rings. The van der Waals surface area contributed by atoms with E-state index in [4.69, 9.17) is 0 Å². The first kappa shape index (κ1) is 17.0. The molecule has 1 aromatic carbocycles. The Balaban J connectivity index is 2.81. The third-order valence-corrected chi connectivity index (χ3v) is 4.50. The largest absolute Gasteiger partial charge is 0.550 e. The summed E-state index contributed by atoms with van der Waals surface area (Å²) in [7, 11) is -3.45. The maximum Gasteiger partial charge on any atom is 0.224 e. The summed E-state index contributed by atoms with van der Waals surface area (Å²) < 4.78 is 23.5. The van der Waals surface area contributed by atoms with Gasteiger partial charge in [0.2, 0.25) is 5.91 Å². The molecule has 0 radical (unpaired) electrons. The highest BCUT2D eigenvalue weighted by molar-refractivity contribution is 7.91. The van der Waals surface area contributed by atoms with Crippen LogP contribution in [-0.2, 0) is 19.4 Å². The number of nitrogens with one attached hydrogen (secondary N) is 1. The predicted molar refractivity (Wildman–Crippen MR) is 73.3 cm³/mol. The third kappa shape index (κ3) is 5.07. The number of carbonyl (C=O) groups is 2. The molecule has 0 bridgehead atoms. The molecule has 7 nitrogen and oxygen atoms in total. The number of benzene rings is 1. The number of hydrogen-bond donors (Lipinski definition) is 2. The second-order valence-corrected chi connectivity index (χ2v) is 6.63. The summed E-state index contributed by atoms with van der Waals surface area (Å²) in [4.78, 5) is 21.8. The molecule has 0 atom stereocenters. The van der Waals surface area contributed by atoms with Gasteiger partial charge in [-0.05, 0) is 31.0 Å². The van der Waals surface area contributed by atoms with Gasteiger partial charge in [-0.25, -0.2) is 8.42 Å². The van der Waals surface area contributed by atoms with Crippen LogP contribution in [0.1, 0.15) is 26.2 Å². The number of rotatable bonds is 7. The van der Waals surface area contributed by atoms with Gasteiger partial charge in [0.1, 0.15) is 5.75 Å². The van der Waals surface area contributed by atoms with Crippen molar-refractivity contribution in [1.82, 2.24) is 0 Å². The number of phenolic OH excluding ortho intramolecular Hbond substituents is 1. The lowest BCUT2D eigenvalue weighted by Gasteiger charge is -2.10. The minimum absolute atomic E-state index is 0.00663. The van der Waals surface area contributed by atoms with Gasteiger partial charge in [-0.15, -0.1) is 0 Å². The molecule has 0 heterocycles. The fourth-order valence-electron chi connectivity index (χ4n) is 1.58. The standard InChI is InChI=1S/C13H17NO6S/c1-2-21(19,20)9-6-7-11(15)10(8-9)14-12(16)4-3-5-13(17)18/h6-8,15H,2-5H2,1H3,(H,14,16)(H,17,18)/p-1. The number of aromatic hydroxyl groups is 1. The van der Waals surface area contributed by atoms with Crippen molar-refractivity contribution in [3.63, 3.8) is 0 Å². The average molecular weight is 314 g/mol. The van der Waals surface area contributed by atoms with E-state index in [-0.39, 0.29) is 41.3 Å². The SMILES string of the molecule is CCS(=O)(=O)c1ccc(O)c(NC(=O)CCCC(=O)[O-])c1. The zero-order valence-corrected chi connectivity index (χ0v) is 12.3. The molecule has 0 saturated heterocycles. The van der Waals surface area contributed by atoms with Crippen molar-refractivity contribution >= 4 is 27.4 Å². The van der Waals surface area contributed by atoms with Crippen molar-refractivity contribution in [2.45, 2.75) is 31.1 Å². The van der Waals surface area contributed by atoms with E-state index < -0.39 is 21.7 Å². The smallest absolute Gasteiger partial charge is 0.224 e. The Hall–Kier alpha value is -2.09. The summed E-state index contributed by atoms with van der Waals surface area (Å²) in [5, 5.41) is 22.2. The van der Waals surface area contributed by atoms with Crippen LogP contribution in [0.2, 0.25) is 0 Å². The van der Waals surface area contributed by atoms with E-state index in [1.807, 2.05) is 0 Å². The normalized spacial score (nSPS) is 11.1. The average Bonchev–Trinajstić information content (AvgIpc) is 2.40. The van der Waals surface area contributed by atoms with Crippen LogP contribution < -0.4 is 10.4 Å². The highest BCUT2D eigenvalue weighted by atomic mass is 32.2. The van der Waals surface area contributed by atoms with Crippen molar-refractivity contribution in [3.8, 4) is 5.75 Å². The van der Waals surface area contributed by atoms with Crippen LogP contribution >= 0.6 is 0 Å². The second kappa shape index (κ2) is 7.07. The number of anilines is 1. The second-order valence-electron chi connectivity index (χ2n) is 4.36. The van der Waals surface area contributed by atoms with E-state index in [0.29, 0.717) is 0 Å². The quantitative estimate of drug-likeness (QED) is 0.685. The van der Waals surface area contributed by atoms with E-state index in [1.165, 1.54) is 25.1 Å². The zero-order valence-electron chi connectivity index (χ0n) is 11.5. The number of amides is 1. The van der Waals surface area contributed by atoms with Gasteiger partial charge < -0.3 is 20.3 Å². The summed E-state index contributed by atoms with van der Waals surface area (Å²) in [5.74, 6) is -2.13. The first-order valence-corrected chi connectivity index (χ1v) is 7.97. The summed E-state index contributed by atoms with van der Waals surface area (Å²) >= 11 is 0. The molecule has 0 spiro atoms. The lowest BCUT2D eigenvalue weighted by Crippen LogP contribution is -2.22. The van der Waals surface area contributed by atoms with Gasteiger partial charge in [-0.1, -0.05) is 6.92 Å². The van der Waals surface area contributed by atoms with E-state index in [1.54, 1.807) is 0 Å². The van der Waals surface area contributed by atoms with Crippen LogP contribution in [0.4, 0.5) is 5.69 Å². The number of carbonyl (C=O) groups excluding carboxylic acids is 2. The molecule has 8 heteroatoms. The predicted octanol–water partition coefficient (Wildman–Crippen LogP) is 0.0445. The molecule has 0 saturated carbocycles. The van der Waals surface area contributed by atoms with Crippen molar-refractivity contribution in [3.05, 3.63) is 18.2 Å². The zero-order chi connectivity index (χ0) is 16.0. The molecule has 0 aliphatic rings. The summed E-state index contributed by atoms with van der Waals surface area (Å²) in [5.41, 5.74) is -0.0250. The maximum absolute atomic E-state index is 11.7. The molecule has 0 aliphatic heterocycles. The molecule has 0 unspecified atom stereocenters. The van der Waals surface area contributed by atoms with Crippen molar-refractivity contribution < 1.29 is 28.2 Å². The Bertz CT molecular complexity index is 638. The Labute approximate surface area is 122 Å². The van der Waals surface area contributed by atoms with Crippen molar-refractivity contribution in [1.29, 1.82) is 0 Å². The number of sulfone groups is 1. The number of aliphatic carboxylic acids is 1. The minimum Gasteiger partial charge on any atom is -0.550 e. The fourth-order valence-corrected chi connectivity index (χ4v) is 2.49. The molecule has 0 aliphatic carbocycles. The van der Waals surface area contributed by atoms with Crippen LogP contribution in [0, 0.1) is 0 Å². The van der Waals surface area contributed by atoms with Gasteiger partial charge in [-0.3, -0.25) is 4.79 Å². The van der Waals surface area contributed by atoms with Crippen LogP contribution in [0.15, 0.2) is 23.1 Å². The molecule has 2 N–H and O–H groups in total. The lowest BCUT2D eigenvalue weighted by molar-refractivity contribution is -0.305. The van der Waals surface area contributed by atoms with Crippen LogP contribution in [-0.4, -0.2) is 31.2 Å². The van der Waals surface area contributed by atoms with Gasteiger partial charge in [0, 0.05) is 12.4 Å². The van der Waals surface area contributed by atoms with E-state index in [2.05, 4.69) is 5.32 Å². The number of hydrogen-bond acceptors (Lipinski definition) is 6. The van der Waals surface area contributed by atoms with Crippen LogP contribution in [0.25, 0.3) is 0 Å². The lowest BCUT2D eigenvalue weighted by atomic mass is 10.2. The molecule has 0 aromatic heterocycles. The monoisotopic (exact) mass is 314 g/mol. The summed E-state index contributed by atoms with van der Waals surface area (Å²) in [6.07, 6.45) is -0.219. The topological polar surface area (TPSA) is 124 Å². The molecule has 1 rings (SSSR count). The number of carboxylic acid groups (broad SMARTS) is 1. The van der Waals surface area contributed by atoms with Gasteiger partial charge in [-0.2, -0.15) is 0 Å². The fraction of sp³-hybridized carbons (Fsp3) is 0.385. The van der Waals surface area contributed by atoms with Gasteiger partial charge in [0.05, 0.1) is 16.3 Å². The Morgan fingerprint density at radius 3 is 2.52 bits per heavy atom. The Morgan fingerprint density at radius 2 is 1.95 bits per heavy atom. The maximum atomic E-state index is 11.7. The van der Waals surface area contributed by atoms with Gasteiger partial charge >= 0.3 is 0 Å². The van der Waals surface area contributed by atoms with Crippen molar-refractivity contribution in [2.75, 3.05) is 11.1 Å². The highest BCUT2D eigenvalue weighted by Gasteiger charge is 2.15. The number of carboxylic acids is 1. The number of phenols is 1. The summed E-state index contributed by atoms with van der Waals surface area (Å²) in [6, 6.07) is 3.60. The van der Waals surface area contributed by atoms with Crippen molar-refractivity contribution in [2.24, 2.45) is 0 Å². The van der Waals surface area contributed by atoms with E-state index in [9.17, 15) is 28.2 Å². The van der Waals surface area contributed by atoms with Crippen LogP contribution in [0.5, 0.6) is 5.75 Å². The molecular formula is C13H16NO6S-. The first-order valence-electron chi connectivity index (χ1n) is 6.31. The molecule has 116 valence electrons. The minimum atomic E-state index is -3.45. The Kier molecular flexibility index (Phi) is 5.71. The van der Waals surface area contributed by atoms with E-state index >= 15 is 0 Å². The summed E-state index contributed by atoms with van der Waals surface area (Å²) in [6.45, 7) is 1.49. The molecule has 1 amide bonds. The highest BCUT2D eigenvalue weighted by Crippen LogP contribution is 2.27. The molecular weight excluding hydrogens is 298 g/mol.